The lowest BCUT2D eigenvalue weighted by molar-refractivity contribution is -0.145. The van der Waals surface area contributed by atoms with Gasteiger partial charge in [-0.1, -0.05) is 39.8 Å². The molecule has 0 radical (unpaired) electrons. The Labute approximate surface area is 157 Å². The highest BCUT2D eigenvalue weighted by Crippen LogP contribution is 2.40. The van der Waals surface area contributed by atoms with E-state index in [1.807, 2.05) is 39.8 Å². The van der Waals surface area contributed by atoms with Crippen LogP contribution in [0.25, 0.3) is 0 Å². The van der Waals surface area contributed by atoms with Crippen molar-refractivity contribution < 1.29 is 23.6 Å². The van der Waals surface area contributed by atoms with E-state index < -0.39 is 32.1 Å². The molecule has 0 saturated heterocycles. The number of hydrogen-bond donors (Lipinski definition) is 0. The van der Waals surface area contributed by atoms with Crippen molar-refractivity contribution in [1.29, 1.82) is 0 Å². The fourth-order valence-electron chi connectivity index (χ4n) is 3.08. The minimum Gasteiger partial charge on any atom is -0.468 e. The van der Waals surface area contributed by atoms with Crippen LogP contribution in [-0.4, -0.2) is 60.7 Å². The van der Waals surface area contributed by atoms with Gasteiger partial charge < -0.3 is 9.47 Å². The van der Waals surface area contributed by atoms with Gasteiger partial charge in [-0.05, 0) is 24.7 Å². The molecule has 1 aliphatic rings. The van der Waals surface area contributed by atoms with Crippen LogP contribution in [0.15, 0.2) is 12.2 Å². The predicted molar refractivity (Wildman–Crippen MR) is 102 cm³/mol. The number of carbonyl (C=O) groups excluding carboxylic acids is 2. The Morgan fingerprint density at radius 2 is 1.23 bits per heavy atom. The summed E-state index contributed by atoms with van der Waals surface area (Å²) < 4.78 is 26.7. The molecule has 0 spiro atoms. The third-order valence-electron chi connectivity index (χ3n) is 4.35. The molecule has 1 rings (SSSR count). The molecule has 0 aromatic carbocycles. The van der Waals surface area contributed by atoms with E-state index in [-0.39, 0.29) is 11.8 Å². The van der Waals surface area contributed by atoms with Crippen molar-refractivity contribution in [3.63, 3.8) is 0 Å². The predicted octanol–water partition coefficient (Wildman–Crippen LogP) is 2.73. The molecule has 0 fully saturated rings. The molecular weight excluding hydrogens is 355 g/mol. The van der Waals surface area contributed by atoms with Crippen LogP contribution in [0.1, 0.15) is 40.5 Å². The fourth-order valence-corrected chi connectivity index (χ4v) is 4.89. The Bertz CT molecular complexity index is 492. The van der Waals surface area contributed by atoms with Crippen molar-refractivity contribution in [3.05, 3.63) is 12.2 Å². The SMILES string of the molecule is COC(=O)C(CC(C)C)N1CC=CCN([C@@H](CC(C)C)C(=O)OC)[PH]1=O. The first-order valence-electron chi connectivity index (χ1n) is 9.10. The highest BCUT2D eigenvalue weighted by molar-refractivity contribution is 7.39. The molecule has 0 aliphatic carbocycles. The Balaban J connectivity index is 3.18. The van der Waals surface area contributed by atoms with Crippen molar-refractivity contribution in [1.82, 2.24) is 9.34 Å². The van der Waals surface area contributed by atoms with Gasteiger partial charge in [0.15, 0.2) is 0 Å². The smallest absolute Gasteiger partial charge is 0.323 e. The summed E-state index contributed by atoms with van der Waals surface area (Å²) in [5.74, 6) is -0.320. The average molecular weight is 388 g/mol. The second-order valence-corrected chi connectivity index (χ2v) is 9.11. The zero-order chi connectivity index (χ0) is 19.9. The molecule has 3 atom stereocenters. The molecule has 0 N–H and O–H groups in total. The van der Waals surface area contributed by atoms with E-state index in [0.29, 0.717) is 25.9 Å². The molecule has 26 heavy (non-hydrogen) atoms. The summed E-state index contributed by atoms with van der Waals surface area (Å²) in [4.78, 5) is 24.7. The molecule has 1 aliphatic heterocycles. The lowest BCUT2D eigenvalue weighted by atomic mass is 10.0. The molecule has 0 bridgehead atoms. The van der Waals surface area contributed by atoms with Gasteiger partial charge in [0.05, 0.1) is 14.2 Å². The van der Waals surface area contributed by atoms with Crippen LogP contribution in [0.3, 0.4) is 0 Å². The molecule has 0 aromatic rings. The number of rotatable bonds is 8. The second-order valence-electron chi connectivity index (χ2n) is 7.40. The maximum absolute atomic E-state index is 13.4. The highest BCUT2D eigenvalue weighted by atomic mass is 31.1. The van der Waals surface area contributed by atoms with Gasteiger partial charge in [-0.15, -0.1) is 0 Å². The van der Waals surface area contributed by atoms with Crippen molar-refractivity contribution >= 4 is 20.0 Å². The topological polar surface area (TPSA) is 76.2 Å². The van der Waals surface area contributed by atoms with E-state index in [1.54, 1.807) is 9.34 Å². The lowest BCUT2D eigenvalue weighted by Gasteiger charge is -2.35. The van der Waals surface area contributed by atoms with Crippen LogP contribution in [0, 0.1) is 11.8 Å². The zero-order valence-electron chi connectivity index (χ0n) is 16.7. The average Bonchev–Trinajstić information content (AvgIpc) is 2.77. The van der Waals surface area contributed by atoms with Crippen LogP contribution in [-0.2, 0) is 23.6 Å². The maximum atomic E-state index is 13.4. The quantitative estimate of drug-likeness (QED) is 0.359. The van der Waals surface area contributed by atoms with Crippen molar-refractivity contribution in [3.8, 4) is 0 Å². The summed E-state index contributed by atoms with van der Waals surface area (Å²) in [5, 5.41) is 0. The normalized spacial score (nSPS) is 21.5. The van der Waals surface area contributed by atoms with Crippen LogP contribution in [0.2, 0.25) is 0 Å². The Morgan fingerprint density at radius 3 is 1.50 bits per heavy atom. The number of hydrogen-bond acceptors (Lipinski definition) is 5. The third kappa shape index (κ3) is 6.22. The standard InChI is InChI=1S/C18H33N2O5P/c1-13(2)11-15(17(21)24-5)19-9-7-8-10-20(26(19)23)16(12-14(3)4)18(22)25-6/h7-8,13-16,26H,9-12H2,1-6H3/t15-,16?/m0/s1. The number of esters is 2. The molecule has 0 amide bonds. The summed E-state index contributed by atoms with van der Waals surface area (Å²) in [5.41, 5.74) is 0. The van der Waals surface area contributed by atoms with E-state index in [1.165, 1.54) is 14.2 Å². The number of carbonyl (C=O) groups is 2. The summed E-state index contributed by atoms with van der Waals surface area (Å²) in [6.07, 6.45) is 4.86. The van der Waals surface area contributed by atoms with Gasteiger partial charge in [-0.3, -0.25) is 14.2 Å². The molecule has 8 heteroatoms. The van der Waals surface area contributed by atoms with E-state index in [0.717, 1.165) is 0 Å². The Kier molecular flexibility index (Phi) is 9.55. The Morgan fingerprint density at radius 1 is 0.885 bits per heavy atom. The molecule has 2 unspecified atom stereocenters. The fraction of sp³-hybridized carbons (Fsp3) is 0.778. The number of nitrogens with zero attached hydrogens (tertiary/aromatic N) is 2. The van der Waals surface area contributed by atoms with Crippen LogP contribution in [0.4, 0.5) is 0 Å². The first-order valence-corrected chi connectivity index (χ1v) is 10.4. The first kappa shape index (κ1) is 22.9. The number of ether oxygens (including phenoxy) is 2. The summed E-state index contributed by atoms with van der Waals surface area (Å²) in [7, 11) is 0.133. The van der Waals surface area contributed by atoms with Gasteiger partial charge in [-0.25, -0.2) is 9.34 Å². The van der Waals surface area contributed by atoms with Gasteiger partial charge in [0.2, 0.25) is 8.10 Å². The van der Waals surface area contributed by atoms with Crippen LogP contribution < -0.4 is 0 Å². The summed E-state index contributed by atoms with van der Waals surface area (Å²) in [6, 6.07) is -1.21. The zero-order valence-corrected chi connectivity index (χ0v) is 17.7. The molecular formula is C18H33N2O5P. The summed E-state index contributed by atoms with van der Waals surface area (Å²) in [6.45, 7) is 8.80. The van der Waals surface area contributed by atoms with Gasteiger partial charge in [-0.2, -0.15) is 0 Å². The number of methoxy groups -OCH3 is 2. The first-order chi connectivity index (χ1) is 12.2. The third-order valence-corrected chi connectivity index (χ3v) is 6.32. The minimum absolute atomic E-state index is 0.238. The Hall–Kier alpha value is -1.17. The molecule has 1 heterocycles. The highest BCUT2D eigenvalue weighted by Gasteiger charge is 2.38. The lowest BCUT2D eigenvalue weighted by Crippen LogP contribution is -2.44. The monoisotopic (exact) mass is 388 g/mol. The van der Waals surface area contributed by atoms with E-state index in [2.05, 4.69) is 0 Å². The van der Waals surface area contributed by atoms with Crippen LogP contribution in [0.5, 0.6) is 0 Å². The van der Waals surface area contributed by atoms with Crippen molar-refractivity contribution in [2.45, 2.75) is 52.6 Å². The molecule has 7 nitrogen and oxygen atoms in total. The molecule has 150 valence electrons. The van der Waals surface area contributed by atoms with Gasteiger partial charge in [0.25, 0.3) is 0 Å². The maximum Gasteiger partial charge on any atom is 0.323 e. The van der Waals surface area contributed by atoms with Crippen molar-refractivity contribution in [2.24, 2.45) is 11.8 Å². The van der Waals surface area contributed by atoms with E-state index in [9.17, 15) is 14.2 Å². The van der Waals surface area contributed by atoms with Gasteiger partial charge in [0.1, 0.15) is 12.1 Å². The second kappa shape index (κ2) is 10.9. The van der Waals surface area contributed by atoms with Gasteiger partial charge in [0, 0.05) is 13.1 Å². The minimum atomic E-state index is -2.55. The largest absolute Gasteiger partial charge is 0.468 e. The van der Waals surface area contributed by atoms with Gasteiger partial charge >= 0.3 is 11.9 Å². The summed E-state index contributed by atoms with van der Waals surface area (Å²) >= 11 is 0. The van der Waals surface area contributed by atoms with Crippen LogP contribution >= 0.6 is 8.10 Å². The van der Waals surface area contributed by atoms with Crippen molar-refractivity contribution in [2.75, 3.05) is 27.3 Å². The van der Waals surface area contributed by atoms with E-state index >= 15 is 0 Å². The molecule has 0 aromatic heterocycles. The molecule has 0 saturated carbocycles. The van der Waals surface area contributed by atoms with E-state index in [4.69, 9.17) is 9.47 Å².